The summed E-state index contributed by atoms with van der Waals surface area (Å²) in [7, 11) is 0. The number of hydrogen-bond donors (Lipinski definition) is 1. The molecule has 7 nitrogen and oxygen atoms in total. The molecule has 2 rings (SSSR count). The largest absolute Gasteiger partial charge is 0.550 e. The Hall–Kier alpha value is -3.22. The van der Waals surface area contributed by atoms with Crippen LogP contribution in [0.1, 0.15) is 54.7 Å². The van der Waals surface area contributed by atoms with Crippen LogP contribution in [0.25, 0.3) is 0 Å². The maximum atomic E-state index is 12.4. The Morgan fingerprint density at radius 3 is 2.04 bits per heavy atom. The van der Waals surface area contributed by atoms with Crippen LogP contribution in [0.3, 0.4) is 0 Å². The van der Waals surface area contributed by atoms with E-state index in [2.05, 4.69) is 26.1 Å². The number of hydrogen-bond acceptors (Lipinski definition) is 5. The first-order valence-corrected chi connectivity index (χ1v) is 8.43. The number of nitrogens with zero attached hydrogens (tertiary/aromatic N) is 1. The van der Waals surface area contributed by atoms with Gasteiger partial charge in [-0.1, -0.05) is 45.0 Å². The number of non-ortho nitro benzene ring substituents is 1. The number of nitro benzene ring substituents is 1. The molecule has 2 aromatic carbocycles. The molecule has 1 N–H and O–H groups in total. The zero-order chi connectivity index (χ0) is 20.2. The zero-order valence-electron chi connectivity index (χ0n) is 15.4. The third-order valence-electron chi connectivity index (χ3n) is 4.20. The van der Waals surface area contributed by atoms with Crippen molar-refractivity contribution in [1.82, 2.24) is 5.32 Å². The number of carboxylic acids is 1. The average Bonchev–Trinajstić information content (AvgIpc) is 2.60. The summed E-state index contributed by atoms with van der Waals surface area (Å²) in [5, 5.41) is 24.5. The van der Waals surface area contributed by atoms with Crippen LogP contribution in [0.2, 0.25) is 0 Å². The van der Waals surface area contributed by atoms with Crippen molar-refractivity contribution in [3.8, 4) is 0 Å². The van der Waals surface area contributed by atoms with Gasteiger partial charge < -0.3 is 15.2 Å². The van der Waals surface area contributed by atoms with Gasteiger partial charge in [-0.3, -0.25) is 14.9 Å². The predicted octanol–water partition coefficient (Wildman–Crippen LogP) is 2.50. The van der Waals surface area contributed by atoms with E-state index < -0.39 is 22.8 Å². The second-order valence-electron chi connectivity index (χ2n) is 7.28. The summed E-state index contributed by atoms with van der Waals surface area (Å²) in [5.41, 5.74) is 1.75. The van der Waals surface area contributed by atoms with Crippen LogP contribution >= 0.6 is 0 Å². The number of carbonyl (C=O) groups is 2. The fourth-order valence-electron chi connectivity index (χ4n) is 2.61. The van der Waals surface area contributed by atoms with E-state index in [0.717, 1.165) is 5.56 Å². The number of carboxylic acid groups (broad SMARTS) is 1. The monoisotopic (exact) mass is 369 g/mol. The molecule has 0 radical (unpaired) electrons. The molecule has 0 aliphatic rings. The molecule has 0 saturated heterocycles. The summed E-state index contributed by atoms with van der Waals surface area (Å²) in [4.78, 5) is 33.7. The fraction of sp³-hybridized carbons (Fsp3) is 0.300. The smallest absolute Gasteiger partial charge is 0.269 e. The van der Waals surface area contributed by atoms with Crippen molar-refractivity contribution in [2.75, 3.05) is 0 Å². The van der Waals surface area contributed by atoms with E-state index in [-0.39, 0.29) is 23.1 Å². The van der Waals surface area contributed by atoms with Crippen LogP contribution < -0.4 is 10.4 Å². The van der Waals surface area contributed by atoms with Crippen LogP contribution in [0, 0.1) is 10.1 Å². The van der Waals surface area contributed by atoms with Crippen molar-refractivity contribution >= 4 is 17.6 Å². The lowest BCUT2D eigenvalue weighted by atomic mass is 9.86. The van der Waals surface area contributed by atoms with Gasteiger partial charge in [0.15, 0.2) is 0 Å². The van der Waals surface area contributed by atoms with Gasteiger partial charge in [0, 0.05) is 30.1 Å². The van der Waals surface area contributed by atoms with E-state index in [1.165, 1.54) is 24.3 Å². The second-order valence-corrected chi connectivity index (χ2v) is 7.28. The van der Waals surface area contributed by atoms with Crippen LogP contribution in [0.15, 0.2) is 48.5 Å². The first kappa shape index (κ1) is 20.1. The van der Waals surface area contributed by atoms with Crippen molar-refractivity contribution in [1.29, 1.82) is 0 Å². The Kier molecular flexibility index (Phi) is 5.95. The van der Waals surface area contributed by atoms with Gasteiger partial charge in [0.1, 0.15) is 0 Å². The molecule has 0 fully saturated rings. The number of nitro groups is 1. The highest BCUT2D eigenvalue weighted by atomic mass is 16.6. The third-order valence-corrected chi connectivity index (χ3v) is 4.20. The van der Waals surface area contributed by atoms with Crippen molar-refractivity contribution in [3.63, 3.8) is 0 Å². The summed E-state index contributed by atoms with van der Waals surface area (Å²) in [6.07, 6.45) is -0.381. The standard InChI is InChI=1S/C20H22N2O5/c1-20(2,3)15-8-4-13(5-9-15)17(12-18(23)24)21-19(25)14-6-10-16(11-7-14)22(26)27/h4-11,17H,12H2,1-3H3,(H,21,25)(H,23,24)/p-1/t17-/m0/s1. The highest BCUT2D eigenvalue weighted by Crippen LogP contribution is 2.25. The Bertz CT molecular complexity index is 836. The minimum absolute atomic E-state index is 0.0512. The molecule has 7 heteroatoms. The van der Waals surface area contributed by atoms with Crippen LogP contribution in [0.5, 0.6) is 0 Å². The lowest BCUT2D eigenvalue weighted by molar-refractivity contribution is -0.384. The highest BCUT2D eigenvalue weighted by molar-refractivity contribution is 5.94. The molecule has 0 spiro atoms. The van der Waals surface area contributed by atoms with E-state index >= 15 is 0 Å². The van der Waals surface area contributed by atoms with Gasteiger partial charge in [0.2, 0.25) is 0 Å². The molecule has 27 heavy (non-hydrogen) atoms. The molecule has 142 valence electrons. The molecule has 0 saturated carbocycles. The topological polar surface area (TPSA) is 112 Å². The minimum Gasteiger partial charge on any atom is -0.550 e. The number of rotatable bonds is 6. The summed E-state index contributed by atoms with van der Waals surface area (Å²) in [5.74, 6) is -1.81. The van der Waals surface area contributed by atoms with E-state index in [1.54, 1.807) is 12.1 Å². The molecule has 0 aliphatic carbocycles. The number of amides is 1. The van der Waals surface area contributed by atoms with Crippen molar-refractivity contribution in [2.45, 2.75) is 38.6 Å². The summed E-state index contributed by atoms with van der Waals surface area (Å²) >= 11 is 0. The van der Waals surface area contributed by atoms with E-state index in [0.29, 0.717) is 5.56 Å². The SMILES string of the molecule is CC(C)(C)c1ccc([C@H](CC(=O)[O-])NC(=O)c2ccc([N+](=O)[O-])cc2)cc1. The molecule has 0 aliphatic heterocycles. The van der Waals surface area contributed by atoms with Crippen molar-refractivity contribution in [3.05, 3.63) is 75.3 Å². The Morgan fingerprint density at radius 2 is 1.59 bits per heavy atom. The molecule has 2 aromatic rings. The van der Waals surface area contributed by atoms with Crippen LogP contribution in [-0.4, -0.2) is 16.8 Å². The van der Waals surface area contributed by atoms with Gasteiger partial charge in [-0.15, -0.1) is 0 Å². The summed E-state index contributed by atoms with van der Waals surface area (Å²) < 4.78 is 0. The maximum absolute atomic E-state index is 12.4. The van der Waals surface area contributed by atoms with E-state index in [9.17, 15) is 24.8 Å². The average molecular weight is 369 g/mol. The van der Waals surface area contributed by atoms with E-state index in [4.69, 9.17) is 0 Å². The molecule has 0 bridgehead atoms. The molecular weight excluding hydrogens is 348 g/mol. The number of benzene rings is 2. The lowest BCUT2D eigenvalue weighted by Gasteiger charge is -2.23. The Labute approximate surface area is 157 Å². The second kappa shape index (κ2) is 7.99. The Balaban J connectivity index is 2.22. The predicted molar refractivity (Wildman–Crippen MR) is 98.1 cm³/mol. The van der Waals surface area contributed by atoms with Gasteiger partial charge in [0.05, 0.1) is 11.0 Å². The lowest BCUT2D eigenvalue weighted by Crippen LogP contribution is -2.34. The zero-order valence-corrected chi connectivity index (χ0v) is 15.4. The minimum atomic E-state index is -1.29. The van der Waals surface area contributed by atoms with Gasteiger partial charge in [-0.25, -0.2) is 0 Å². The highest BCUT2D eigenvalue weighted by Gasteiger charge is 2.19. The van der Waals surface area contributed by atoms with Gasteiger partial charge >= 0.3 is 0 Å². The fourth-order valence-corrected chi connectivity index (χ4v) is 2.61. The molecule has 0 aromatic heterocycles. The van der Waals surface area contributed by atoms with Crippen molar-refractivity contribution in [2.24, 2.45) is 0 Å². The van der Waals surface area contributed by atoms with Crippen LogP contribution in [0.4, 0.5) is 5.69 Å². The molecule has 0 heterocycles. The van der Waals surface area contributed by atoms with Gasteiger partial charge in [-0.05, 0) is 28.7 Å². The first-order chi connectivity index (χ1) is 12.6. The van der Waals surface area contributed by atoms with Gasteiger partial charge in [-0.2, -0.15) is 0 Å². The van der Waals surface area contributed by atoms with Gasteiger partial charge in [0.25, 0.3) is 11.6 Å². The van der Waals surface area contributed by atoms with E-state index in [1.807, 2.05) is 12.1 Å². The maximum Gasteiger partial charge on any atom is 0.269 e. The Morgan fingerprint density at radius 1 is 1.04 bits per heavy atom. The summed E-state index contributed by atoms with van der Waals surface area (Å²) in [6, 6.07) is 11.7. The number of aliphatic carboxylic acids is 1. The number of carbonyl (C=O) groups excluding carboxylic acids is 2. The molecule has 1 amide bonds. The number of nitrogens with one attached hydrogen (secondary N) is 1. The molecule has 1 atom stereocenters. The summed E-state index contributed by atoms with van der Waals surface area (Å²) in [6.45, 7) is 6.20. The quantitative estimate of drug-likeness (QED) is 0.621. The van der Waals surface area contributed by atoms with Crippen LogP contribution in [-0.2, 0) is 10.2 Å². The first-order valence-electron chi connectivity index (χ1n) is 8.43. The third kappa shape index (κ3) is 5.37. The molecular formula is C20H21N2O5-. The molecule has 0 unspecified atom stereocenters. The van der Waals surface area contributed by atoms with Crippen molar-refractivity contribution < 1.29 is 19.6 Å². The normalized spacial score (nSPS) is 12.3.